The molecule has 3 heterocycles. The van der Waals surface area contributed by atoms with Gasteiger partial charge in [-0.3, -0.25) is 33.5 Å². The van der Waals surface area contributed by atoms with Crippen molar-refractivity contribution in [3.05, 3.63) is 32.9 Å². The van der Waals surface area contributed by atoms with Crippen molar-refractivity contribution in [2.24, 2.45) is 11.8 Å². The van der Waals surface area contributed by atoms with Crippen molar-refractivity contribution in [1.82, 2.24) is 20.2 Å². The van der Waals surface area contributed by atoms with Crippen molar-refractivity contribution >= 4 is 23.8 Å². The number of ether oxygens (including phenoxy) is 5. The Balaban J connectivity index is 1.84. The Bertz CT molecular complexity index is 1370. The molecule has 50 heavy (non-hydrogen) atoms. The molecule has 282 valence electrons. The van der Waals surface area contributed by atoms with E-state index in [4.69, 9.17) is 23.7 Å². The smallest absolute Gasteiger partial charge is 0.330 e. The van der Waals surface area contributed by atoms with Crippen LogP contribution in [0.15, 0.2) is 15.8 Å². The van der Waals surface area contributed by atoms with E-state index < -0.39 is 79.5 Å². The summed E-state index contributed by atoms with van der Waals surface area (Å²) in [6.07, 6.45) is 2.34. The number of halogens is 1. The number of carbonyl (C=O) groups is 4. The fourth-order valence-corrected chi connectivity index (χ4v) is 6.23. The van der Waals surface area contributed by atoms with Crippen LogP contribution in [0.5, 0.6) is 0 Å². The Morgan fingerprint density at radius 1 is 0.900 bits per heavy atom. The standard InChI is InChI=1S/C34H53FN4O11/c1-5-11-21(12-6-2)30(42)36-17-25(40)47-20-24-28(49-26(41)18-37-31(43)22(13-7-3)14-8-4)29(50-27-15-9-10-16-46-27)33(48-24)39-19-23(35)32(44)38-34(39)45/h19,21-22,24,27-29,33H,5-18,20H2,1-4H3,(H,36,42)(H,37,43)(H,38,44,45)/t24-,27?,28-,29-,33-/m1/s1. The van der Waals surface area contributed by atoms with Crippen LogP contribution in [0.1, 0.15) is 105 Å². The van der Waals surface area contributed by atoms with Crippen molar-refractivity contribution in [3.63, 3.8) is 0 Å². The van der Waals surface area contributed by atoms with Crippen molar-refractivity contribution in [1.29, 1.82) is 0 Å². The lowest BCUT2D eigenvalue weighted by atomic mass is 9.97. The van der Waals surface area contributed by atoms with E-state index in [1.54, 1.807) is 0 Å². The molecule has 0 aromatic carbocycles. The molecule has 0 spiro atoms. The molecule has 2 saturated heterocycles. The highest BCUT2D eigenvalue weighted by molar-refractivity contribution is 5.84. The van der Waals surface area contributed by atoms with Crippen LogP contribution in [0.2, 0.25) is 0 Å². The molecule has 0 radical (unpaired) electrons. The first kappa shape index (κ1) is 40.8. The van der Waals surface area contributed by atoms with Gasteiger partial charge in [0.1, 0.15) is 31.9 Å². The zero-order chi connectivity index (χ0) is 36.6. The molecule has 0 aliphatic carbocycles. The first-order valence-corrected chi connectivity index (χ1v) is 17.9. The van der Waals surface area contributed by atoms with Crippen LogP contribution >= 0.6 is 0 Å². The molecule has 2 amide bonds. The Kier molecular flexibility index (Phi) is 17.1. The monoisotopic (exact) mass is 712 g/mol. The highest BCUT2D eigenvalue weighted by Gasteiger charge is 2.51. The lowest BCUT2D eigenvalue weighted by Gasteiger charge is -2.31. The number of H-pyrrole nitrogens is 1. The molecule has 15 nitrogen and oxygen atoms in total. The zero-order valence-electron chi connectivity index (χ0n) is 29.5. The van der Waals surface area contributed by atoms with E-state index in [1.807, 2.05) is 32.7 Å². The lowest BCUT2D eigenvalue weighted by molar-refractivity contribution is -0.219. The molecule has 1 aromatic rings. The summed E-state index contributed by atoms with van der Waals surface area (Å²) in [5, 5.41) is 5.22. The third kappa shape index (κ3) is 12.0. The van der Waals surface area contributed by atoms with Crippen molar-refractivity contribution in [2.45, 2.75) is 129 Å². The van der Waals surface area contributed by atoms with Crippen LogP contribution in [0.25, 0.3) is 0 Å². The van der Waals surface area contributed by atoms with Crippen molar-refractivity contribution in [2.75, 3.05) is 26.3 Å². The molecular formula is C34H53FN4O11. The van der Waals surface area contributed by atoms with Gasteiger partial charge in [-0.25, -0.2) is 4.79 Å². The molecule has 2 fully saturated rings. The van der Waals surface area contributed by atoms with Crippen LogP contribution in [-0.2, 0) is 42.9 Å². The molecule has 0 bridgehead atoms. The van der Waals surface area contributed by atoms with E-state index in [9.17, 15) is 33.2 Å². The number of nitrogens with one attached hydrogen (secondary N) is 3. The molecule has 2 aliphatic rings. The van der Waals surface area contributed by atoms with Gasteiger partial charge in [-0.2, -0.15) is 4.39 Å². The molecule has 5 atom stereocenters. The van der Waals surface area contributed by atoms with Gasteiger partial charge in [-0.1, -0.05) is 53.4 Å². The molecule has 16 heteroatoms. The van der Waals surface area contributed by atoms with Gasteiger partial charge >= 0.3 is 17.6 Å². The zero-order valence-corrected chi connectivity index (χ0v) is 29.5. The number of nitrogens with zero attached hydrogens (tertiary/aromatic N) is 1. The van der Waals surface area contributed by atoms with Gasteiger partial charge < -0.3 is 34.3 Å². The molecule has 0 saturated carbocycles. The molecular weight excluding hydrogens is 659 g/mol. The second-order valence-corrected chi connectivity index (χ2v) is 12.7. The number of carbonyl (C=O) groups excluding carboxylic acids is 4. The van der Waals surface area contributed by atoms with Crippen LogP contribution in [0.3, 0.4) is 0 Å². The fraction of sp³-hybridized carbons (Fsp3) is 0.765. The van der Waals surface area contributed by atoms with E-state index in [0.717, 1.165) is 43.1 Å². The number of rotatable bonds is 20. The number of amides is 2. The van der Waals surface area contributed by atoms with E-state index >= 15 is 0 Å². The summed E-state index contributed by atoms with van der Waals surface area (Å²) in [5.74, 6) is -4.01. The number of aromatic amines is 1. The Hall–Kier alpha value is -3.63. The molecule has 2 aliphatic heterocycles. The maximum absolute atomic E-state index is 14.5. The van der Waals surface area contributed by atoms with Crippen LogP contribution in [-0.4, -0.2) is 84.2 Å². The summed E-state index contributed by atoms with van der Waals surface area (Å²) < 4.78 is 44.4. The maximum atomic E-state index is 14.5. The largest absolute Gasteiger partial charge is 0.461 e. The third-order valence-electron chi connectivity index (χ3n) is 8.71. The Labute approximate surface area is 291 Å². The lowest BCUT2D eigenvalue weighted by Crippen LogP contribution is -2.46. The second-order valence-electron chi connectivity index (χ2n) is 12.7. The van der Waals surface area contributed by atoms with Gasteiger partial charge in [0, 0.05) is 18.4 Å². The normalized spacial score (nSPS) is 22.0. The van der Waals surface area contributed by atoms with Crippen molar-refractivity contribution in [3.8, 4) is 0 Å². The third-order valence-corrected chi connectivity index (χ3v) is 8.71. The Morgan fingerprint density at radius 3 is 2.02 bits per heavy atom. The van der Waals surface area contributed by atoms with Gasteiger partial charge in [0.2, 0.25) is 17.6 Å². The van der Waals surface area contributed by atoms with E-state index in [2.05, 4.69) is 10.6 Å². The topological polar surface area (TPSA) is 193 Å². The number of aromatic nitrogens is 2. The molecule has 3 rings (SSSR count). The average Bonchev–Trinajstić information content (AvgIpc) is 3.42. The number of hydrogen-bond donors (Lipinski definition) is 3. The van der Waals surface area contributed by atoms with E-state index in [-0.39, 0.29) is 23.7 Å². The summed E-state index contributed by atoms with van der Waals surface area (Å²) in [5.41, 5.74) is -2.27. The average molecular weight is 713 g/mol. The molecule has 1 unspecified atom stereocenters. The number of hydrogen-bond acceptors (Lipinski definition) is 11. The van der Waals surface area contributed by atoms with Gasteiger partial charge in [0.25, 0.3) is 5.56 Å². The highest BCUT2D eigenvalue weighted by atomic mass is 19.1. The van der Waals surface area contributed by atoms with Gasteiger partial charge in [0.05, 0.1) is 6.20 Å². The predicted molar refractivity (Wildman–Crippen MR) is 177 cm³/mol. The van der Waals surface area contributed by atoms with E-state index in [0.29, 0.717) is 44.9 Å². The Morgan fingerprint density at radius 2 is 1.48 bits per heavy atom. The fourth-order valence-electron chi connectivity index (χ4n) is 6.23. The summed E-state index contributed by atoms with van der Waals surface area (Å²) in [7, 11) is 0. The van der Waals surface area contributed by atoms with Crippen LogP contribution in [0.4, 0.5) is 4.39 Å². The second kappa shape index (κ2) is 20.9. The first-order valence-electron chi connectivity index (χ1n) is 17.9. The van der Waals surface area contributed by atoms with Gasteiger partial charge in [0.15, 0.2) is 18.6 Å². The van der Waals surface area contributed by atoms with Crippen LogP contribution in [0, 0.1) is 17.7 Å². The highest BCUT2D eigenvalue weighted by Crippen LogP contribution is 2.35. The summed E-state index contributed by atoms with van der Waals surface area (Å²) in [4.78, 5) is 78.0. The maximum Gasteiger partial charge on any atom is 0.330 e. The predicted octanol–water partition coefficient (Wildman–Crippen LogP) is 2.61. The van der Waals surface area contributed by atoms with Gasteiger partial charge in [-0.15, -0.1) is 0 Å². The minimum Gasteiger partial charge on any atom is -0.461 e. The number of esters is 2. The van der Waals surface area contributed by atoms with E-state index in [1.165, 1.54) is 0 Å². The molecule has 1 aromatic heterocycles. The first-order chi connectivity index (χ1) is 24.0. The summed E-state index contributed by atoms with van der Waals surface area (Å²) in [6, 6.07) is 0. The SMILES string of the molecule is CCCC(CCC)C(=O)NCC(=O)OC[C@H]1O[C@@H](n2cc(F)c(=O)[nH]c2=O)[C@H](OC2CCCCO2)[C@@H]1OC(=O)CNC(=O)C(CCC)CCC. The molecule has 3 N–H and O–H groups in total. The van der Waals surface area contributed by atoms with Crippen LogP contribution < -0.4 is 21.9 Å². The van der Waals surface area contributed by atoms with Crippen molar-refractivity contribution < 1.29 is 47.3 Å². The quantitative estimate of drug-likeness (QED) is 0.168. The summed E-state index contributed by atoms with van der Waals surface area (Å²) >= 11 is 0. The summed E-state index contributed by atoms with van der Waals surface area (Å²) in [6.45, 7) is 6.83. The van der Waals surface area contributed by atoms with Gasteiger partial charge in [-0.05, 0) is 44.9 Å². The minimum absolute atomic E-state index is 0.240. The minimum atomic E-state index is -1.46.